The molecule has 0 atom stereocenters. The van der Waals surface area contributed by atoms with E-state index in [0.29, 0.717) is 11.4 Å². The largest absolute Gasteiger partial charge is 0.474 e. The van der Waals surface area contributed by atoms with Gasteiger partial charge in [0, 0.05) is 51.3 Å². The zero-order valence-electron chi connectivity index (χ0n) is 13.7. The molecule has 0 spiro atoms. The van der Waals surface area contributed by atoms with Gasteiger partial charge in [-0.2, -0.15) is 0 Å². The Morgan fingerprint density at radius 3 is 2.61 bits per heavy atom. The van der Waals surface area contributed by atoms with Crippen LogP contribution in [0.1, 0.15) is 30.1 Å². The molecule has 3 rings (SSSR count). The molecule has 3 heterocycles. The Bertz CT molecular complexity index is 506. The summed E-state index contributed by atoms with van der Waals surface area (Å²) in [6.07, 6.45) is 3.58. The van der Waals surface area contributed by atoms with E-state index in [9.17, 15) is 4.79 Å². The van der Waals surface area contributed by atoms with Crippen molar-refractivity contribution in [2.45, 2.75) is 25.9 Å². The molecule has 6 nitrogen and oxygen atoms in total. The minimum absolute atomic E-state index is 0.0610. The second kappa shape index (κ2) is 7.75. The number of pyridine rings is 1. The Morgan fingerprint density at radius 2 is 2.00 bits per heavy atom. The van der Waals surface area contributed by atoms with E-state index in [-0.39, 0.29) is 12.0 Å². The van der Waals surface area contributed by atoms with E-state index >= 15 is 0 Å². The van der Waals surface area contributed by atoms with Crippen molar-refractivity contribution in [1.29, 1.82) is 0 Å². The lowest BCUT2D eigenvalue weighted by atomic mass is 10.1. The van der Waals surface area contributed by atoms with Crippen molar-refractivity contribution in [2.75, 3.05) is 45.9 Å². The number of hydrogen-bond donors (Lipinski definition) is 0. The van der Waals surface area contributed by atoms with Crippen LogP contribution < -0.4 is 4.74 Å². The normalized spacial score (nSPS) is 20.5. The number of piperazine rings is 1. The molecule has 23 heavy (non-hydrogen) atoms. The first-order chi connectivity index (χ1) is 11.3. The van der Waals surface area contributed by atoms with E-state index in [4.69, 9.17) is 9.47 Å². The van der Waals surface area contributed by atoms with Gasteiger partial charge < -0.3 is 19.3 Å². The Labute approximate surface area is 137 Å². The highest BCUT2D eigenvalue weighted by Gasteiger charge is 2.22. The summed E-state index contributed by atoms with van der Waals surface area (Å²) in [5.41, 5.74) is 0.634. The average Bonchev–Trinajstić information content (AvgIpc) is 2.63. The summed E-state index contributed by atoms with van der Waals surface area (Å²) in [5.74, 6) is 0.648. The number of nitrogens with zero attached hydrogens (tertiary/aromatic N) is 3. The predicted octanol–water partition coefficient (Wildman–Crippen LogP) is 1.42. The first-order valence-electron chi connectivity index (χ1n) is 8.48. The van der Waals surface area contributed by atoms with Gasteiger partial charge in [-0.15, -0.1) is 0 Å². The van der Waals surface area contributed by atoms with Gasteiger partial charge in [0.1, 0.15) is 6.10 Å². The lowest BCUT2D eigenvalue weighted by Crippen LogP contribution is -2.48. The second-order valence-electron chi connectivity index (χ2n) is 6.04. The van der Waals surface area contributed by atoms with Crippen LogP contribution in [0.5, 0.6) is 5.88 Å². The standard InChI is InChI=1S/C17H25N3O3/c1-2-19-7-9-20(10-8-19)17(21)14-3-4-16(18-13-14)23-15-5-11-22-12-6-15/h3-4,13,15H,2,5-12H2,1H3. The van der Waals surface area contributed by atoms with Crippen LogP contribution in [0.2, 0.25) is 0 Å². The van der Waals surface area contributed by atoms with Gasteiger partial charge in [-0.3, -0.25) is 4.79 Å². The third-order valence-electron chi connectivity index (χ3n) is 4.55. The van der Waals surface area contributed by atoms with Crippen molar-refractivity contribution in [3.63, 3.8) is 0 Å². The van der Waals surface area contributed by atoms with Crippen LogP contribution in [0.3, 0.4) is 0 Å². The molecular weight excluding hydrogens is 294 g/mol. The number of ether oxygens (including phenoxy) is 2. The molecule has 0 aliphatic carbocycles. The van der Waals surface area contributed by atoms with Gasteiger partial charge in [0.05, 0.1) is 18.8 Å². The highest BCUT2D eigenvalue weighted by molar-refractivity contribution is 5.94. The highest BCUT2D eigenvalue weighted by atomic mass is 16.5. The van der Waals surface area contributed by atoms with E-state index in [2.05, 4.69) is 16.8 Å². The summed E-state index contributed by atoms with van der Waals surface area (Å²) >= 11 is 0. The Balaban J connectivity index is 1.55. The fourth-order valence-electron chi connectivity index (χ4n) is 2.99. The quantitative estimate of drug-likeness (QED) is 0.840. The van der Waals surface area contributed by atoms with Crippen molar-refractivity contribution < 1.29 is 14.3 Å². The van der Waals surface area contributed by atoms with Gasteiger partial charge in [0.15, 0.2) is 0 Å². The Kier molecular flexibility index (Phi) is 5.46. The number of carbonyl (C=O) groups is 1. The Morgan fingerprint density at radius 1 is 1.26 bits per heavy atom. The fraction of sp³-hybridized carbons (Fsp3) is 0.647. The molecule has 2 saturated heterocycles. The summed E-state index contributed by atoms with van der Waals surface area (Å²) in [5, 5.41) is 0. The van der Waals surface area contributed by atoms with E-state index in [1.54, 1.807) is 12.3 Å². The molecular formula is C17H25N3O3. The molecule has 2 aliphatic rings. The molecule has 1 amide bonds. The first-order valence-corrected chi connectivity index (χ1v) is 8.48. The van der Waals surface area contributed by atoms with Crippen LogP contribution in [0.4, 0.5) is 0 Å². The molecule has 1 aromatic heterocycles. The van der Waals surface area contributed by atoms with Crippen molar-refractivity contribution in [3.05, 3.63) is 23.9 Å². The van der Waals surface area contributed by atoms with Crippen LogP contribution in [0.25, 0.3) is 0 Å². The van der Waals surface area contributed by atoms with E-state index in [1.165, 1.54) is 0 Å². The van der Waals surface area contributed by atoms with Gasteiger partial charge in [0.2, 0.25) is 5.88 Å². The predicted molar refractivity (Wildman–Crippen MR) is 86.7 cm³/mol. The van der Waals surface area contributed by atoms with Crippen molar-refractivity contribution in [1.82, 2.24) is 14.8 Å². The zero-order valence-corrected chi connectivity index (χ0v) is 13.7. The number of amides is 1. The van der Waals surface area contributed by atoms with Crippen LogP contribution in [0.15, 0.2) is 18.3 Å². The molecule has 0 saturated carbocycles. The SMILES string of the molecule is CCN1CCN(C(=O)c2ccc(OC3CCOCC3)nc2)CC1. The lowest BCUT2D eigenvalue weighted by Gasteiger charge is -2.34. The van der Waals surface area contributed by atoms with Gasteiger partial charge in [-0.05, 0) is 12.6 Å². The third-order valence-corrected chi connectivity index (χ3v) is 4.55. The number of hydrogen-bond acceptors (Lipinski definition) is 5. The second-order valence-corrected chi connectivity index (χ2v) is 6.04. The molecule has 0 bridgehead atoms. The van der Waals surface area contributed by atoms with Crippen molar-refractivity contribution >= 4 is 5.91 Å². The summed E-state index contributed by atoms with van der Waals surface area (Å²) in [7, 11) is 0. The molecule has 0 radical (unpaired) electrons. The number of likely N-dealkylation sites (N-methyl/N-ethyl adjacent to an activating group) is 1. The van der Waals surface area contributed by atoms with Gasteiger partial charge in [-0.1, -0.05) is 6.92 Å². The number of carbonyl (C=O) groups excluding carboxylic acids is 1. The zero-order chi connectivity index (χ0) is 16.1. The maximum atomic E-state index is 12.5. The fourth-order valence-corrected chi connectivity index (χ4v) is 2.99. The maximum absolute atomic E-state index is 12.5. The highest BCUT2D eigenvalue weighted by Crippen LogP contribution is 2.17. The molecule has 0 unspecified atom stereocenters. The maximum Gasteiger partial charge on any atom is 0.255 e. The summed E-state index contributed by atoms with van der Waals surface area (Å²) in [4.78, 5) is 21.1. The first kappa shape index (κ1) is 16.2. The van der Waals surface area contributed by atoms with Crippen molar-refractivity contribution in [2.24, 2.45) is 0 Å². The van der Waals surface area contributed by atoms with Crippen molar-refractivity contribution in [3.8, 4) is 5.88 Å². The third kappa shape index (κ3) is 4.20. The van der Waals surface area contributed by atoms with Gasteiger partial charge >= 0.3 is 0 Å². The average molecular weight is 319 g/mol. The van der Waals surface area contributed by atoms with Crippen LogP contribution >= 0.6 is 0 Å². The minimum Gasteiger partial charge on any atom is -0.474 e. The number of rotatable bonds is 4. The molecule has 1 aromatic rings. The topological polar surface area (TPSA) is 54.9 Å². The number of aromatic nitrogens is 1. The molecule has 2 aliphatic heterocycles. The van der Waals surface area contributed by atoms with E-state index in [0.717, 1.165) is 58.8 Å². The molecule has 0 aromatic carbocycles. The Hall–Kier alpha value is -1.66. The van der Waals surface area contributed by atoms with Gasteiger partial charge in [-0.25, -0.2) is 4.98 Å². The van der Waals surface area contributed by atoms with E-state index < -0.39 is 0 Å². The summed E-state index contributed by atoms with van der Waals surface area (Å²) < 4.78 is 11.2. The summed E-state index contributed by atoms with van der Waals surface area (Å²) in [6.45, 7) is 8.14. The van der Waals surface area contributed by atoms with Gasteiger partial charge in [0.25, 0.3) is 5.91 Å². The van der Waals surface area contributed by atoms with Crippen LogP contribution in [-0.2, 0) is 4.74 Å². The van der Waals surface area contributed by atoms with Crippen LogP contribution in [0, 0.1) is 0 Å². The van der Waals surface area contributed by atoms with E-state index in [1.807, 2.05) is 11.0 Å². The monoisotopic (exact) mass is 319 g/mol. The minimum atomic E-state index is 0.0610. The van der Waals surface area contributed by atoms with Crippen LogP contribution in [-0.4, -0.2) is 72.7 Å². The molecule has 2 fully saturated rings. The summed E-state index contributed by atoms with van der Waals surface area (Å²) in [6, 6.07) is 3.61. The molecule has 126 valence electrons. The lowest BCUT2D eigenvalue weighted by molar-refractivity contribution is 0.0237. The molecule has 6 heteroatoms. The smallest absolute Gasteiger partial charge is 0.255 e. The molecule has 0 N–H and O–H groups in total.